The molecule has 0 aliphatic heterocycles. The molecule has 0 aromatic rings. The molecule has 0 saturated heterocycles. The predicted molar refractivity (Wildman–Crippen MR) is 37.7 cm³/mol. The Hall–Kier alpha value is 0.410. The zero-order valence-corrected chi connectivity index (χ0v) is 6.54. The zero-order valence-electron chi connectivity index (χ0n) is 4.83. The van der Waals surface area contributed by atoms with Gasteiger partial charge in [0.05, 0.1) is 0 Å². The van der Waals surface area contributed by atoms with E-state index in [0.29, 0.717) is 6.16 Å². The van der Waals surface area contributed by atoms with Crippen molar-refractivity contribution >= 4 is 19.8 Å². The van der Waals surface area contributed by atoms with E-state index in [-0.39, 0.29) is 0 Å². The van der Waals surface area contributed by atoms with Gasteiger partial charge in [0.2, 0.25) is 0 Å². The van der Waals surface area contributed by atoms with E-state index in [1.165, 1.54) is 0 Å². The van der Waals surface area contributed by atoms with Gasteiger partial charge in [0, 0.05) is 6.42 Å². The molecular weight excluding hydrogens is 143 g/mol. The monoisotopic (exact) mass is 153 g/mol. The molecule has 1 unspecified atom stereocenters. The molecule has 0 radical (unpaired) electrons. The van der Waals surface area contributed by atoms with E-state index in [4.69, 9.17) is 4.89 Å². The van der Waals surface area contributed by atoms with Gasteiger partial charge in [-0.1, -0.05) is 0 Å². The van der Waals surface area contributed by atoms with Crippen LogP contribution in [0.1, 0.15) is 6.42 Å². The summed E-state index contributed by atoms with van der Waals surface area (Å²) < 4.78 is 10.0. The highest BCUT2D eigenvalue weighted by Crippen LogP contribution is 2.14. The molecule has 0 bridgehead atoms. The van der Waals surface area contributed by atoms with Gasteiger partial charge in [0.15, 0.2) is 6.16 Å². The van der Waals surface area contributed by atoms with Crippen LogP contribution in [-0.4, -0.2) is 23.1 Å². The predicted octanol–water partition coefficient (Wildman–Crippen LogP) is 1.47. The molecule has 1 atom stereocenters. The summed E-state index contributed by atoms with van der Waals surface area (Å²) in [6, 6.07) is 0. The Kier molecular flexibility index (Phi) is 5.83. The maximum atomic E-state index is 10.0. The topological polar surface area (TPSA) is 37.3 Å². The van der Waals surface area contributed by atoms with Gasteiger partial charge in [0.25, 0.3) is 0 Å². The van der Waals surface area contributed by atoms with Crippen molar-refractivity contribution in [3.63, 3.8) is 0 Å². The third-order valence-corrected chi connectivity index (χ3v) is 2.09. The van der Waals surface area contributed by atoms with Gasteiger partial charge >= 0.3 is 8.03 Å². The van der Waals surface area contributed by atoms with E-state index in [2.05, 4.69) is 0 Å². The highest BCUT2D eigenvalue weighted by Gasteiger charge is 2.06. The molecule has 48 valence electrons. The van der Waals surface area contributed by atoms with Crippen LogP contribution >= 0.6 is 19.8 Å². The molecule has 2 nitrogen and oxygen atoms in total. The first-order valence-electron chi connectivity index (χ1n) is 2.40. The van der Waals surface area contributed by atoms with Gasteiger partial charge in [-0.25, -0.2) is 0 Å². The lowest BCUT2D eigenvalue weighted by molar-refractivity contribution is 0.502. The SMILES string of the molecule is CSCCC[P+](=O)O. The number of thioether (sulfide) groups is 1. The highest BCUT2D eigenvalue weighted by atomic mass is 32.2. The van der Waals surface area contributed by atoms with E-state index >= 15 is 0 Å². The van der Waals surface area contributed by atoms with E-state index in [1.54, 1.807) is 11.8 Å². The van der Waals surface area contributed by atoms with Gasteiger partial charge in [-0.05, 0) is 16.6 Å². The van der Waals surface area contributed by atoms with Crippen LogP contribution in [0.15, 0.2) is 0 Å². The van der Waals surface area contributed by atoms with Gasteiger partial charge in [-0.2, -0.15) is 16.7 Å². The fraction of sp³-hybridized carbons (Fsp3) is 1.00. The molecule has 0 heterocycles. The Morgan fingerprint density at radius 2 is 2.38 bits per heavy atom. The molecule has 1 N–H and O–H groups in total. The first kappa shape index (κ1) is 8.41. The molecule has 8 heavy (non-hydrogen) atoms. The summed E-state index contributed by atoms with van der Waals surface area (Å²) in [5.74, 6) is 0.988. The first-order valence-corrected chi connectivity index (χ1v) is 5.19. The summed E-state index contributed by atoms with van der Waals surface area (Å²) in [4.78, 5) is 8.28. The van der Waals surface area contributed by atoms with Crippen LogP contribution in [0.2, 0.25) is 0 Å². The Morgan fingerprint density at radius 3 is 2.75 bits per heavy atom. The second-order valence-corrected chi connectivity index (χ2v) is 3.56. The summed E-state index contributed by atoms with van der Waals surface area (Å²) in [7, 11) is -1.88. The number of rotatable bonds is 4. The van der Waals surface area contributed by atoms with Gasteiger partial charge in [0.1, 0.15) is 0 Å². The average Bonchev–Trinajstić information content (AvgIpc) is 1.66. The second-order valence-electron chi connectivity index (χ2n) is 1.42. The van der Waals surface area contributed by atoms with E-state index in [9.17, 15) is 4.57 Å². The fourth-order valence-corrected chi connectivity index (χ4v) is 1.42. The highest BCUT2D eigenvalue weighted by molar-refractivity contribution is 7.98. The third-order valence-electron chi connectivity index (χ3n) is 0.698. The Bertz CT molecular complexity index is 76.4. The van der Waals surface area contributed by atoms with Crippen molar-refractivity contribution in [3.8, 4) is 0 Å². The standard InChI is InChI=1S/C4H9O2PS/c1-8-4-2-3-7(5)6/h2-4H2,1H3/p+1. The summed E-state index contributed by atoms with van der Waals surface area (Å²) in [6.45, 7) is 0. The van der Waals surface area contributed by atoms with Crippen molar-refractivity contribution in [3.05, 3.63) is 0 Å². The molecule has 0 aromatic heterocycles. The fourth-order valence-electron chi connectivity index (χ4n) is 0.344. The minimum atomic E-state index is -1.88. The lowest BCUT2D eigenvalue weighted by Gasteiger charge is -1.83. The van der Waals surface area contributed by atoms with Gasteiger partial charge < -0.3 is 0 Å². The summed E-state index contributed by atoms with van der Waals surface area (Å²) >= 11 is 1.70. The molecule has 0 aliphatic carbocycles. The normalized spacial score (nSPS) is 11.5. The van der Waals surface area contributed by atoms with Gasteiger partial charge in [-0.3, -0.25) is 0 Å². The Labute approximate surface area is 54.5 Å². The maximum Gasteiger partial charge on any atom is 0.505 e. The van der Waals surface area contributed by atoms with E-state index in [0.717, 1.165) is 12.2 Å². The van der Waals surface area contributed by atoms with Crippen LogP contribution in [-0.2, 0) is 4.57 Å². The first-order chi connectivity index (χ1) is 3.77. The van der Waals surface area contributed by atoms with Crippen LogP contribution in [0.4, 0.5) is 0 Å². The van der Waals surface area contributed by atoms with E-state index < -0.39 is 8.03 Å². The van der Waals surface area contributed by atoms with E-state index in [1.807, 2.05) is 6.26 Å². The van der Waals surface area contributed by atoms with Crippen LogP contribution < -0.4 is 0 Å². The molecular formula is C4H10O2PS+. The van der Waals surface area contributed by atoms with Crippen molar-refractivity contribution in [1.82, 2.24) is 0 Å². The van der Waals surface area contributed by atoms with Gasteiger partial charge in [-0.15, -0.1) is 0 Å². The molecule has 0 aliphatic rings. The molecule has 0 fully saturated rings. The molecule has 0 spiro atoms. The molecule has 0 saturated carbocycles. The second kappa shape index (κ2) is 5.54. The lowest BCUT2D eigenvalue weighted by atomic mass is 10.6. The minimum absolute atomic E-state index is 0.455. The Balaban J connectivity index is 2.82. The van der Waals surface area contributed by atoms with Crippen molar-refractivity contribution < 1.29 is 9.46 Å². The zero-order chi connectivity index (χ0) is 6.41. The molecule has 0 amide bonds. The van der Waals surface area contributed by atoms with Crippen LogP contribution in [0.3, 0.4) is 0 Å². The molecule has 0 rings (SSSR count). The Morgan fingerprint density at radius 1 is 1.75 bits per heavy atom. The smallest absolute Gasteiger partial charge is 0.165 e. The van der Waals surface area contributed by atoms with Crippen molar-refractivity contribution in [2.75, 3.05) is 18.2 Å². The lowest BCUT2D eigenvalue weighted by Crippen LogP contribution is -1.80. The van der Waals surface area contributed by atoms with Crippen LogP contribution in [0.5, 0.6) is 0 Å². The number of hydrogen-bond donors (Lipinski definition) is 1. The van der Waals surface area contributed by atoms with Crippen molar-refractivity contribution in [2.45, 2.75) is 6.42 Å². The number of hydrogen-bond acceptors (Lipinski definition) is 2. The van der Waals surface area contributed by atoms with Crippen LogP contribution in [0.25, 0.3) is 0 Å². The third kappa shape index (κ3) is 6.41. The van der Waals surface area contributed by atoms with Crippen molar-refractivity contribution in [1.29, 1.82) is 0 Å². The summed E-state index contributed by atoms with van der Waals surface area (Å²) in [6.07, 6.45) is 3.30. The molecule has 0 aromatic carbocycles. The summed E-state index contributed by atoms with van der Waals surface area (Å²) in [5, 5.41) is 0. The van der Waals surface area contributed by atoms with Crippen molar-refractivity contribution in [2.24, 2.45) is 0 Å². The maximum absolute atomic E-state index is 10.0. The quantitative estimate of drug-likeness (QED) is 0.491. The minimum Gasteiger partial charge on any atom is -0.165 e. The summed E-state index contributed by atoms with van der Waals surface area (Å²) in [5.41, 5.74) is 0. The largest absolute Gasteiger partial charge is 0.505 e. The van der Waals surface area contributed by atoms with Crippen LogP contribution in [0, 0.1) is 0 Å². The average molecular weight is 153 g/mol. The molecule has 4 heteroatoms.